The number of carbonyl (C=O) groups is 2. The van der Waals surface area contributed by atoms with Gasteiger partial charge in [-0.15, -0.1) is 11.3 Å². The summed E-state index contributed by atoms with van der Waals surface area (Å²) >= 11 is 7.74. The Morgan fingerprint density at radius 3 is 2.62 bits per heavy atom. The fraction of sp³-hybridized carbons (Fsp3) is 0.364. The lowest BCUT2D eigenvalue weighted by atomic mass is 9.78. The number of hydrogen-bond acceptors (Lipinski definition) is 7. The Balaban J connectivity index is 1.82. The Labute approximate surface area is 193 Å². The highest BCUT2D eigenvalue weighted by Crippen LogP contribution is 2.41. The van der Waals surface area contributed by atoms with Gasteiger partial charge in [-0.2, -0.15) is 0 Å². The minimum Gasteiger partial charge on any atom is -0.481 e. The van der Waals surface area contributed by atoms with Crippen LogP contribution in [0.4, 0.5) is 4.39 Å². The summed E-state index contributed by atoms with van der Waals surface area (Å²) in [7, 11) is 1.29. The summed E-state index contributed by atoms with van der Waals surface area (Å²) in [6, 6.07) is 3.15. The molecule has 0 bridgehead atoms. The SMILES string of the molecule is COC(=O)C1=C([C@H]2CC[C@H](C(=O)O)CC2)NC(c2nccs2)=NC1c1ccc(F)cc1Cl. The molecule has 1 saturated carbocycles. The lowest BCUT2D eigenvalue weighted by Gasteiger charge is -2.34. The summed E-state index contributed by atoms with van der Waals surface area (Å²) < 4.78 is 18.8. The number of methoxy groups -OCH3 is 1. The number of hydrogen-bond donors (Lipinski definition) is 2. The van der Waals surface area contributed by atoms with E-state index in [1.165, 1.54) is 36.6 Å². The highest BCUT2D eigenvalue weighted by Gasteiger charge is 2.38. The number of nitrogens with one attached hydrogen (secondary N) is 1. The minimum absolute atomic E-state index is 0.0908. The van der Waals surface area contributed by atoms with Gasteiger partial charge in [0.1, 0.15) is 11.9 Å². The fourth-order valence-electron chi connectivity index (χ4n) is 4.25. The highest BCUT2D eigenvalue weighted by molar-refractivity contribution is 7.11. The summed E-state index contributed by atoms with van der Waals surface area (Å²) in [5.74, 6) is -1.87. The Hall–Kier alpha value is -2.78. The molecule has 0 amide bonds. The molecule has 1 aliphatic heterocycles. The number of amidine groups is 1. The predicted molar refractivity (Wildman–Crippen MR) is 118 cm³/mol. The minimum atomic E-state index is -0.817. The molecule has 0 saturated heterocycles. The number of benzene rings is 1. The first-order valence-electron chi connectivity index (χ1n) is 10.1. The largest absolute Gasteiger partial charge is 0.481 e. The standard InChI is InChI=1S/C22H21ClFN3O4S/c1-31-22(30)16-17(11-2-4-12(5-3-11)21(28)29)26-19(20-25-8-9-32-20)27-18(16)14-7-6-13(24)10-15(14)23/h6-12,18H,2-5H2,1H3,(H,26,27)(H,28,29)/t11-,12-,18?. The molecule has 7 nitrogen and oxygen atoms in total. The summed E-state index contributed by atoms with van der Waals surface area (Å²) in [5, 5.41) is 15.2. The second kappa shape index (κ2) is 9.38. The van der Waals surface area contributed by atoms with Gasteiger partial charge >= 0.3 is 11.9 Å². The number of aromatic nitrogens is 1. The van der Waals surface area contributed by atoms with E-state index in [1.807, 2.05) is 5.38 Å². The van der Waals surface area contributed by atoms with Crippen LogP contribution in [-0.2, 0) is 14.3 Å². The van der Waals surface area contributed by atoms with Crippen molar-refractivity contribution in [3.63, 3.8) is 0 Å². The van der Waals surface area contributed by atoms with Gasteiger partial charge in [0.05, 0.1) is 18.6 Å². The maximum Gasteiger partial charge on any atom is 0.338 e. The topological polar surface area (TPSA) is 101 Å². The normalized spacial score (nSPS) is 23.3. The zero-order valence-electron chi connectivity index (χ0n) is 17.2. The van der Waals surface area contributed by atoms with Crippen molar-refractivity contribution in [1.29, 1.82) is 0 Å². The second-order valence-corrected chi connectivity index (χ2v) is 9.02. The number of nitrogens with zero attached hydrogens (tertiary/aromatic N) is 2. The maximum absolute atomic E-state index is 13.7. The fourth-order valence-corrected chi connectivity index (χ4v) is 5.11. The van der Waals surface area contributed by atoms with E-state index in [1.54, 1.807) is 6.20 Å². The van der Waals surface area contributed by atoms with Crippen LogP contribution < -0.4 is 5.32 Å². The third-order valence-electron chi connectivity index (χ3n) is 5.86. The number of ether oxygens (including phenoxy) is 1. The van der Waals surface area contributed by atoms with Crippen molar-refractivity contribution in [3.8, 4) is 0 Å². The molecule has 0 spiro atoms. The maximum atomic E-state index is 13.7. The third-order valence-corrected chi connectivity index (χ3v) is 6.96. The van der Waals surface area contributed by atoms with Crippen LogP contribution in [0.2, 0.25) is 5.02 Å². The Morgan fingerprint density at radius 2 is 2.03 bits per heavy atom. The number of aliphatic carboxylic acids is 1. The van der Waals surface area contributed by atoms with Gasteiger partial charge in [-0.05, 0) is 43.7 Å². The zero-order chi connectivity index (χ0) is 22.8. The lowest BCUT2D eigenvalue weighted by Crippen LogP contribution is -2.38. The van der Waals surface area contributed by atoms with Gasteiger partial charge in [0.25, 0.3) is 0 Å². The molecule has 4 rings (SSSR count). The van der Waals surface area contributed by atoms with Gasteiger partial charge in [-0.3, -0.25) is 9.79 Å². The molecule has 10 heteroatoms. The molecule has 1 aliphatic carbocycles. The number of esters is 1. The summed E-state index contributed by atoms with van der Waals surface area (Å²) in [6.07, 6.45) is 3.85. The number of aliphatic imine (C=N–C) groups is 1. The lowest BCUT2D eigenvalue weighted by molar-refractivity contribution is -0.143. The number of carboxylic acids is 1. The van der Waals surface area contributed by atoms with E-state index < -0.39 is 29.7 Å². The Bertz CT molecular complexity index is 1090. The van der Waals surface area contributed by atoms with E-state index in [0.717, 1.165) is 0 Å². The number of carbonyl (C=O) groups excluding carboxylic acids is 1. The van der Waals surface area contributed by atoms with Gasteiger partial charge in [-0.1, -0.05) is 17.7 Å². The molecule has 2 aromatic rings. The molecule has 32 heavy (non-hydrogen) atoms. The van der Waals surface area contributed by atoms with Crippen LogP contribution in [-0.4, -0.2) is 35.0 Å². The van der Waals surface area contributed by atoms with Gasteiger partial charge in [0, 0.05) is 27.9 Å². The molecule has 1 atom stereocenters. The van der Waals surface area contributed by atoms with Crippen molar-refractivity contribution in [3.05, 3.63) is 62.5 Å². The van der Waals surface area contributed by atoms with Crippen molar-refractivity contribution in [2.75, 3.05) is 7.11 Å². The Kier molecular flexibility index (Phi) is 6.57. The molecule has 1 aromatic heterocycles. The predicted octanol–water partition coefficient (Wildman–Crippen LogP) is 4.34. The molecular formula is C22H21ClFN3O4S. The van der Waals surface area contributed by atoms with E-state index >= 15 is 0 Å². The summed E-state index contributed by atoms with van der Waals surface area (Å²) in [6.45, 7) is 0. The summed E-state index contributed by atoms with van der Waals surface area (Å²) in [5.41, 5.74) is 1.40. The van der Waals surface area contributed by atoms with Gasteiger partial charge in [0.15, 0.2) is 10.8 Å². The van der Waals surface area contributed by atoms with Gasteiger partial charge in [0.2, 0.25) is 0 Å². The molecule has 2 heterocycles. The highest BCUT2D eigenvalue weighted by atomic mass is 35.5. The van der Waals surface area contributed by atoms with Gasteiger partial charge in [-0.25, -0.2) is 14.2 Å². The molecular weight excluding hydrogens is 457 g/mol. The van der Waals surface area contributed by atoms with E-state index in [2.05, 4.69) is 10.3 Å². The van der Waals surface area contributed by atoms with E-state index in [4.69, 9.17) is 21.3 Å². The van der Waals surface area contributed by atoms with Crippen LogP contribution in [0, 0.1) is 17.7 Å². The van der Waals surface area contributed by atoms with Crippen LogP contribution in [0.15, 0.2) is 46.0 Å². The van der Waals surface area contributed by atoms with E-state index in [0.29, 0.717) is 53.4 Å². The quantitative estimate of drug-likeness (QED) is 0.621. The van der Waals surface area contributed by atoms with Crippen LogP contribution in [0.5, 0.6) is 0 Å². The number of carboxylic acid groups (broad SMARTS) is 1. The van der Waals surface area contributed by atoms with Gasteiger partial charge < -0.3 is 15.2 Å². The average molecular weight is 478 g/mol. The third kappa shape index (κ3) is 4.40. The van der Waals surface area contributed by atoms with E-state index in [9.17, 15) is 19.1 Å². The van der Waals surface area contributed by atoms with E-state index in [-0.39, 0.29) is 10.9 Å². The molecule has 2 aliphatic rings. The van der Waals surface area contributed by atoms with Crippen molar-refractivity contribution in [1.82, 2.24) is 10.3 Å². The smallest absolute Gasteiger partial charge is 0.338 e. The van der Waals surface area contributed by atoms with Crippen molar-refractivity contribution >= 4 is 40.7 Å². The first-order chi connectivity index (χ1) is 15.4. The molecule has 1 fully saturated rings. The number of allylic oxidation sites excluding steroid dienone is 1. The van der Waals surface area contributed by atoms with Crippen molar-refractivity contribution < 1.29 is 23.8 Å². The van der Waals surface area contributed by atoms with Crippen LogP contribution in [0.1, 0.15) is 42.3 Å². The molecule has 1 unspecified atom stereocenters. The molecule has 1 aromatic carbocycles. The van der Waals surface area contributed by atoms with Crippen LogP contribution >= 0.6 is 22.9 Å². The molecule has 168 valence electrons. The first kappa shape index (κ1) is 22.4. The van der Waals surface area contributed by atoms with Crippen LogP contribution in [0.25, 0.3) is 0 Å². The number of thiazole rings is 1. The average Bonchev–Trinajstić information content (AvgIpc) is 3.33. The van der Waals surface area contributed by atoms with Crippen molar-refractivity contribution in [2.45, 2.75) is 31.7 Å². The number of rotatable bonds is 5. The second-order valence-electron chi connectivity index (χ2n) is 7.71. The molecule has 0 radical (unpaired) electrons. The molecule has 2 N–H and O–H groups in total. The zero-order valence-corrected chi connectivity index (χ0v) is 18.8. The monoisotopic (exact) mass is 477 g/mol. The van der Waals surface area contributed by atoms with Crippen molar-refractivity contribution in [2.24, 2.45) is 16.8 Å². The first-order valence-corrected chi connectivity index (χ1v) is 11.4. The number of halogens is 2. The summed E-state index contributed by atoms with van der Waals surface area (Å²) in [4.78, 5) is 33.4. The van der Waals surface area contributed by atoms with Crippen LogP contribution in [0.3, 0.4) is 0 Å². The Morgan fingerprint density at radius 1 is 1.28 bits per heavy atom.